The molecular weight excluding hydrogens is 416 g/mol. The highest BCUT2D eigenvalue weighted by Crippen LogP contribution is 2.33. The number of rotatable bonds is 6. The van der Waals surface area contributed by atoms with E-state index < -0.39 is 0 Å². The second-order valence-corrected chi connectivity index (χ2v) is 7.61. The Morgan fingerprint density at radius 3 is 2.61 bits per heavy atom. The topological polar surface area (TPSA) is 69.9 Å². The van der Waals surface area contributed by atoms with Crippen molar-refractivity contribution in [2.24, 2.45) is 0 Å². The molecule has 3 aromatic carbocycles. The van der Waals surface area contributed by atoms with Crippen LogP contribution in [0.1, 0.15) is 5.56 Å². The Kier molecular flexibility index (Phi) is 4.77. The van der Waals surface area contributed by atoms with E-state index in [9.17, 15) is 0 Å². The predicted octanol–water partition coefficient (Wildman–Crippen LogP) is 5.53. The number of imidazole rings is 1. The third kappa shape index (κ3) is 3.92. The number of anilines is 1. The molecule has 5 aromatic rings. The molecule has 3 heterocycles. The van der Waals surface area contributed by atoms with Crippen LogP contribution < -0.4 is 19.5 Å². The molecule has 2 aromatic heterocycles. The lowest BCUT2D eigenvalue weighted by molar-refractivity contribution is 0.174. The van der Waals surface area contributed by atoms with Gasteiger partial charge in [-0.2, -0.15) is 0 Å². The molecular formula is C26H20N4O3. The molecule has 7 heteroatoms. The maximum atomic E-state index is 5.90. The van der Waals surface area contributed by atoms with Gasteiger partial charge in [0.25, 0.3) is 0 Å². The first-order valence-electron chi connectivity index (χ1n) is 10.6. The molecule has 162 valence electrons. The summed E-state index contributed by atoms with van der Waals surface area (Å²) in [4.78, 5) is 9.31. The van der Waals surface area contributed by atoms with Crippen molar-refractivity contribution in [3.8, 4) is 34.3 Å². The quantitative estimate of drug-likeness (QED) is 0.377. The highest BCUT2D eigenvalue weighted by molar-refractivity contribution is 5.69. The van der Waals surface area contributed by atoms with Crippen LogP contribution in [0.5, 0.6) is 23.0 Å². The lowest BCUT2D eigenvalue weighted by Crippen LogP contribution is -2.05. The van der Waals surface area contributed by atoms with Crippen LogP contribution in [0.2, 0.25) is 0 Å². The maximum absolute atomic E-state index is 5.90. The zero-order valence-electron chi connectivity index (χ0n) is 17.6. The summed E-state index contributed by atoms with van der Waals surface area (Å²) in [6, 6.07) is 23.5. The van der Waals surface area contributed by atoms with Gasteiger partial charge in [-0.1, -0.05) is 24.3 Å². The van der Waals surface area contributed by atoms with Gasteiger partial charge in [0, 0.05) is 30.7 Å². The van der Waals surface area contributed by atoms with Crippen molar-refractivity contribution >= 4 is 11.5 Å². The predicted molar refractivity (Wildman–Crippen MR) is 125 cm³/mol. The number of fused-ring (bicyclic) bond motifs is 2. The molecule has 33 heavy (non-hydrogen) atoms. The number of hydrogen-bond donors (Lipinski definition) is 1. The molecule has 0 fully saturated rings. The monoisotopic (exact) mass is 436 g/mol. The maximum Gasteiger partial charge on any atom is 0.231 e. The normalized spacial score (nSPS) is 12.1. The van der Waals surface area contributed by atoms with Gasteiger partial charge < -0.3 is 23.9 Å². The van der Waals surface area contributed by atoms with E-state index in [-0.39, 0.29) is 6.79 Å². The van der Waals surface area contributed by atoms with Crippen LogP contribution in [0.25, 0.3) is 16.9 Å². The zero-order valence-corrected chi connectivity index (χ0v) is 17.6. The average molecular weight is 436 g/mol. The van der Waals surface area contributed by atoms with Crippen LogP contribution in [0.3, 0.4) is 0 Å². The number of nitrogens with one attached hydrogen (secondary N) is 1. The SMILES string of the molecule is c1ccc(Oc2ccc(-c3cn4ccnc4c(NCc4ccc5c(c4)OCO5)n3)cc2)cc1. The highest BCUT2D eigenvalue weighted by Gasteiger charge is 2.14. The Bertz CT molecular complexity index is 1420. The number of para-hydroxylation sites is 1. The van der Waals surface area contributed by atoms with E-state index in [0.29, 0.717) is 12.4 Å². The standard InChI is InChI=1S/C26H20N4O3/c1-2-4-20(5-3-1)33-21-9-7-19(8-10-21)22-16-30-13-12-27-26(30)25(29-22)28-15-18-6-11-23-24(14-18)32-17-31-23/h1-14,16H,15,17H2,(H,28,29). The van der Waals surface area contributed by atoms with Gasteiger partial charge in [0.05, 0.1) is 5.69 Å². The molecule has 0 spiro atoms. The first kappa shape index (κ1) is 19.2. The molecule has 0 saturated heterocycles. The smallest absolute Gasteiger partial charge is 0.231 e. The molecule has 1 aliphatic heterocycles. The van der Waals surface area contributed by atoms with Crippen molar-refractivity contribution < 1.29 is 14.2 Å². The molecule has 0 radical (unpaired) electrons. The molecule has 1 aliphatic rings. The molecule has 7 nitrogen and oxygen atoms in total. The molecule has 0 atom stereocenters. The Morgan fingerprint density at radius 2 is 1.73 bits per heavy atom. The average Bonchev–Trinajstić information content (AvgIpc) is 3.53. The van der Waals surface area contributed by atoms with E-state index in [1.54, 1.807) is 6.20 Å². The fourth-order valence-corrected chi connectivity index (χ4v) is 3.74. The van der Waals surface area contributed by atoms with Gasteiger partial charge in [-0.25, -0.2) is 9.97 Å². The Hall–Kier alpha value is -4.52. The van der Waals surface area contributed by atoms with Crippen LogP contribution in [0.4, 0.5) is 5.82 Å². The summed E-state index contributed by atoms with van der Waals surface area (Å²) in [5, 5.41) is 3.42. The Balaban J connectivity index is 1.25. The minimum absolute atomic E-state index is 0.264. The fraction of sp³-hybridized carbons (Fsp3) is 0.0769. The van der Waals surface area contributed by atoms with Crippen LogP contribution in [-0.4, -0.2) is 21.2 Å². The van der Waals surface area contributed by atoms with Gasteiger partial charge in [0.2, 0.25) is 6.79 Å². The molecule has 0 unspecified atom stereocenters. The molecule has 0 saturated carbocycles. The van der Waals surface area contributed by atoms with Crippen molar-refractivity contribution in [1.82, 2.24) is 14.4 Å². The highest BCUT2D eigenvalue weighted by atomic mass is 16.7. The van der Waals surface area contributed by atoms with Crippen molar-refractivity contribution in [3.63, 3.8) is 0 Å². The third-order valence-electron chi connectivity index (χ3n) is 5.40. The number of ether oxygens (including phenoxy) is 3. The first-order chi connectivity index (χ1) is 16.3. The summed E-state index contributed by atoms with van der Waals surface area (Å²) in [5.41, 5.74) is 3.65. The molecule has 1 N–H and O–H groups in total. The van der Waals surface area contributed by atoms with Gasteiger partial charge in [0.1, 0.15) is 11.5 Å². The third-order valence-corrected chi connectivity index (χ3v) is 5.40. The van der Waals surface area contributed by atoms with Crippen molar-refractivity contribution in [1.29, 1.82) is 0 Å². The Morgan fingerprint density at radius 1 is 0.909 bits per heavy atom. The van der Waals surface area contributed by atoms with Crippen LogP contribution >= 0.6 is 0 Å². The van der Waals surface area contributed by atoms with E-state index in [4.69, 9.17) is 19.2 Å². The number of aromatic nitrogens is 3. The van der Waals surface area contributed by atoms with Crippen LogP contribution in [0, 0.1) is 0 Å². The van der Waals surface area contributed by atoms with E-state index in [2.05, 4.69) is 10.3 Å². The number of benzene rings is 3. The van der Waals surface area contributed by atoms with Gasteiger partial charge in [-0.3, -0.25) is 0 Å². The minimum atomic E-state index is 0.264. The summed E-state index contributed by atoms with van der Waals surface area (Å²) in [6.45, 7) is 0.846. The second kappa shape index (κ2) is 8.20. The summed E-state index contributed by atoms with van der Waals surface area (Å²) in [6.07, 6.45) is 5.66. The summed E-state index contributed by atoms with van der Waals surface area (Å²) < 4.78 is 18.7. The molecule has 0 amide bonds. The summed E-state index contributed by atoms with van der Waals surface area (Å²) >= 11 is 0. The van der Waals surface area contributed by atoms with Gasteiger partial charge in [-0.15, -0.1) is 0 Å². The molecule has 6 rings (SSSR count). The lowest BCUT2D eigenvalue weighted by Gasteiger charge is -2.11. The fourth-order valence-electron chi connectivity index (χ4n) is 3.74. The van der Waals surface area contributed by atoms with E-state index in [1.165, 1.54) is 0 Å². The van der Waals surface area contributed by atoms with Gasteiger partial charge >= 0.3 is 0 Å². The van der Waals surface area contributed by atoms with E-state index in [1.807, 2.05) is 89.6 Å². The second-order valence-electron chi connectivity index (χ2n) is 7.61. The van der Waals surface area contributed by atoms with Crippen LogP contribution in [-0.2, 0) is 6.54 Å². The van der Waals surface area contributed by atoms with Crippen molar-refractivity contribution in [3.05, 3.63) is 97.0 Å². The molecule has 0 bridgehead atoms. The largest absolute Gasteiger partial charge is 0.457 e. The van der Waals surface area contributed by atoms with Gasteiger partial charge in [0.15, 0.2) is 23.0 Å². The number of nitrogens with zero attached hydrogens (tertiary/aromatic N) is 3. The van der Waals surface area contributed by atoms with E-state index in [0.717, 1.165) is 45.5 Å². The summed E-state index contributed by atoms with van der Waals surface area (Å²) in [7, 11) is 0. The molecule has 0 aliphatic carbocycles. The number of hydrogen-bond acceptors (Lipinski definition) is 6. The zero-order chi connectivity index (χ0) is 22.0. The first-order valence-corrected chi connectivity index (χ1v) is 10.6. The van der Waals surface area contributed by atoms with Crippen LogP contribution in [0.15, 0.2) is 91.4 Å². The minimum Gasteiger partial charge on any atom is -0.457 e. The van der Waals surface area contributed by atoms with Gasteiger partial charge in [-0.05, 0) is 54.1 Å². The summed E-state index contributed by atoms with van der Waals surface area (Å²) in [5.74, 6) is 3.82. The lowest BCUT2D eigenvalue weighted by atomic mass is 10.1. The van der Waals surface area contributed by atoms with Crippen molar-refractivity contribution in [2.75, 3.05) is 12.1 Å². The van der Waals surface area contributed by atoms with E-state index >= 15 is 0 Å². The Labute approximate surface area is 190 Å². The van der Waals surface area contributed by atoms with Crippen molar-refractivity contribution in [2.45, 2.75) is 6.54 Å².